The molecule has 16 heavy (non-hydrogen) atoms. The van der Waals surface area contributed by atoms with E-state index in [0.29, 0.717) is 10.2 Å². The Balaban J connectivity index is 2.18. The zero-order valence-electron chi connectivity index (χ0n) is 8.90. The second-order valence-corrected chi connectivity index (χ2v) is 4.86. The number of hydrogen-bond donors (Lipinski definition) is 0. The van der Waals surface area contributed by atoms with E-state index < -0.39 is 4.92 Å². The van der Waals surface area contributed by atoms with Gasteiger partial charge in [0.05, 0.1) is 9.40 Å². The van der Waals surface area contributed by atoms with Crippen molar-refractivity contribution in [3.63, 3.8) is 0 Å². The summed E-state index contributed by atoms with van der Waals surface area (Å²) < 4.78 is 6.29. The number of nitro benzene ring substituents is 1. The first kappa shape index (κ1) is 11.4. The number of halogens is 1. The van der Waals surface area contributed by atoms with Crippen LogP contribution < -0.4 is 4.74 Å². The first-order chi connectivity index (χ1) is 7.56. The van der Waals surface area contributed by atoms with E-state index in [0.717, 1.165) is 19.3 Å². The van der Waals surface area contributed by atoms with Crippen molar-refractivity contribution < 1.29 is 9.66 Å². The number of nitro groups is 1. The zero-order chi connectivity index (χ0) is 11.8. The van der Waals surface area contributed by atoms with Crippen LogP contribution >= 0.6 is 15.9 Å². The summed E-state index contributed by atoms with van der Waals surface area (Å²) in [5, 5.41) is 10.6. The summed E-state index contributed by atoms with van der Waals surface area (Å²) >= 11 is 3.18. The van der Waals surface area contributed by atoms with Gasteiger partial charge in [-0.05, 0) is 41.3 Å². The smallest absolute Gasteiger partial charge is 0.283 e. The minimum absolute atomic E-state index is 0.0183. The molecule has 1 aromatic carbocycles. The SMILES string of the molecule is CCC1(Oc2ccc([N+](=O)[O-])c(Br)c2)CC1. The van der Waals surface area contributed by atoms with E-state index in [1.54, 1.807) is 12.1 Å². The predicted molar refractivity (Wildman–Crippen MR) is 63.7 cm³/mol. The maximum Gasteiger partial charge on any atom is 0.283 e. The van der Waals surface area contributed by atoms with Gasteiger partial charge in [0.15, 0.2) is 0 Å². The lowest BCUT2D eigenvalue weighted by molar-refractivity contribution is -0.385. The number of hydrogen-bond acceptors (Lipinski definition) is 3. The molecule has 0 heterocycles. The topological polar surface area (TPSA) is 52.4 Å². The minimum Gasteiger partial charge on any atom is -0.487 e. The predicted octanol–water partition coefficient (Wildman–Crippen LogP) is 3.68. The summed E-state index contributed by atoms with van der Waals surface area (Å²) in [4.78, 5) is 10.2. The second-order valence-electron chi connectivity index (χ2n) is 4.01. The Bertz CT molecular complexity index is 429. The van der Waals surface area contributed by atoms with Crippen molar-refractivity contribution >= 4 is 21.6 Å². The van der Waals surface area contributed by atoms with Gasteiger partial charge in [-0.2, -0.15) is 0 Å². The summed E-state index contributed by atoms with van der Waals surface area (Å²) in [6.45, 7) is 2.09. The van der Waals surface area contributed by atoms with Gasteiger partial charge >= 0.3 is 0 Å². The van der Waals surface area contributed by atoms with E-state index in [4.69, 9.17) is 4.74 Å². The van der Waals surface area contributed by atoms with Crippen LogP contribution in [-0.4, -0.2) is 10.5 Å². The van der Waals surface area contributed by atoms with Crippen molar-refractivity contribution in [2.24, 2.45) is 0 Å². The molecule has 5 heteroatoms. The van der Waals surface area contributed by atoms with E-state index >= 15 is 0 Å². The molecule has 0 aromatic heterocycles. The molecular weight excluding hydrogens is 274 g/mol. The number of ether oxygens (including phenoxy) is 1. The third kappa shape index (κ3) is 2.19. The Morgan fingerprint density at radius 3 is 2.69 bits per heavy atom. The molecule has 0 N–H and O–H groups in total. The van der Waals surface area contributed by atoms with Crippen molar-refractivity contribution in [3.05, 3.63) is 32.8 Å². The largest absolute Gasteiger partial charge is 0.487 e. The van der Waals surface area contributed by atoms with Gasteiger partial charge in [0.2, 0.25) is 0 Å². The van der Waals surface area contributed by atoms with Crippen LogP contribution in [0.4, 0.5) is 5.69 Å². The van der Waals surface area contributed by atoms with E-state index in [9.17, 15) is 10.1 Å². The molecular formula is C11H12BrNO3. The first-order valence-corrected chi connectivity index (χ1v) is 5.98. The lowest BCUT2D eigenvalue weighted by Crippen LogP contribution is -2.16. The fourth-order valence-corrected chi connectivity index (χ4v) is 2.12. The highest BCUT2D eigenvalue weighted by Crippen LogP contribution is 2.43. The Morgan fingerprint density at radius 1 is 1.56 bits per heavy atom. The van der Waals surface area contributed by atoms with Crippen LogP contribution in [0.1, 0.15) is 26.2 Å². The van der Waals surface area contributed by atoms with Gasteiger partial charge in [-0.1, -0.05) is 6.92 Å². The number of benzene rings is 1. The molecule has 1 aliphatic carbocycles. The van der Waals surface area contributed by atoms with Crippen LogP contribution in [-0.2, 0) is 0 Å². The summed E-state index contributed by atoms with van der Waals surface area (Å²) in [5.41, 5.74) is 0.0453. The molecule has 1 saturated carbocycles. The van der Waals surface area contributed by atoms with Gasteiger partial charge in [0, 0.05) is 12.1 Å². The number of nitrogens with zero attached hydrogens (tertiary/aromatic N) is 1. The van der Waals surface area contributed by atoms with Crippen LogP contribution in [0.5, 0.6) is 5.75 Å². The van der Waals surface area contributed by atoms with Crippen molar-refractivity contribution in [2.45, 2.75) is 31.8 Å². The average molecular weight is 286 g/mol. The molecule has 1 aromatic rings. The van der Waals surface area contributed by atoms with Crippen molar-refractivity contribution in [1.82, 2.24) is 0 Å². The summed E-state index contributed by atoms with van der Waals surface area (Å²) in [6, 6.07) is 4.78. The van der Waals surface area contributed by atoms with Gasteiger partial charge < -0.3 is 4.74 Å². The van der Waals surface area contributed by atoms with E-state index in [2.05, 4.69) is 22.9 Å². The highest BCUT2D eigenvalue weighted by atomic mass is 79.9. The van der Waals surface area contributed by atoms with Crippen molar-refractivity contribution in [1.29, 1.82) is 0 Å². The fourth-order valence-electron chi connectivity index (χ4n) is 1.62. The Morgan fingerprint density at radius 2 is 2.25 bits per heavy atom. The van der Waals surface area contributed by atoms with Crippen LogP contribution in [0.15, 0.2) is 22.7 Å². The van der Waals surface area contributed by atoms with E-state index in [-0.39, 0.29) is 11.3 Å². The molecule has 1 fully saturated rings. The highest BCUT2D eigenvalue weighted by Gasteiger charge is 2.43. The molecule has 86 valence electrons. The molecule has 0 bridgehead atoms. The zero-order valence-corrected chi connectivity index (χ0v) is 10.5. The molecule has 2 rings (SSSR count). The minimum atomic E-state index is -0.416. The summed E-state index contributed by atoms with van der Waals surface area (Å²) in [5.74, 6) is 0.692. The van der Waals surface area contributed by atoms with E-state index in [1.165, 1.54) is 6.07 Å². The molecule has 0 radical (unpaired) electrons. The molecule has 0 aliphatic heterocycles. The fraction of sp³-hybridized carbons (Fsp3) is 0.455. The third-order valence-electron chi connectivity index (χ3n) is 2.90. The molecule has 0 unspecified atom stereocenters. The van der Waals surface area contributed by atoms with Gasteiger partial charge in [0.1, 0.15) is 11.4 Å². The quantitative estimate of drug-likeness (QED) is 0.626. The highest BCUT2D eigenvalue weighted by molar-refractivity contribution is 9.10. The third-order valence-corrected chi connectivity index (χ3v) is 3.54. The maximum absolute atomic E-state index is 10.6. The molecule has 1 aliphatic rings. The van der Waals surface area contributed by atoms with Gasteiger partial charge in [-0.15, -0.1) is 0 Å². The second kappa shape index (κ2) is 4.05. The lowest BCUT2D eigenvalue weighted by atomic mass is 10.2. The average Bonchev–Trinajstić information content (AvgIpc) is 2.98. The van der Waals surface area contributed by atoms with Gasteiger partial charge in [-0.3, -0.25) is 10.1 Å². The Kier molecular flexibility index (Phi) is 2.88. The first-order valence-electron chi connectivity index (χ1n) is 5.19. The maximum atomic E-state index is 10.6. The summed E-state index contributed by atoms with van der Waals surface area (Å²) in [6.07, 6.45) is 3.11. The molecule has 0 spiro atoms. The van der Waals surface area contributed by atoms with Crippen molar-refractivity contribution in [3.8, 4) is 5.75 Å². The molecule has 4 nitrogen and oxygen atoms in total. The van der Waals surface area contributed by atoms with Crippen LogP contribution in [0, 0.1) is 10.1 Å². The molecule has 0 atom stereocenters. The monoisotopic (exact) mass is 285 g/mol. The van der Waals surface area contributed by atoms with E-state index in [1.807, 2.05) is 0 Å². The lowest BCUT2D eigenvalue weighted by Gasteiger charge is -2.15. The standard InChI is InChI=1S/C11H12BrNO3/c1-2-11(5-6-11)16-8-3-4-10(13(14)15)9(12)7-8/h3-4,7H,2,5-6H2,1H3. The van der Waals surface area contributed by atoms with Gasteiger partial charge in [0.25, 0.3) is 5.69 Å². The van der Waals surface area contributed by atoms with Crippen LogP contribution in [0.2, 0.25) is 0 Å². The summed E-state index contributed by atoms with van der Waals surface area (Å²) in [7, 11) is 0. The van der Waals surface area contributed by atoms with Crippen LogP contribution in [0.3, 0.4) is 0 Å². The molecule has 0 amide bonds. The number of rotatable bonds is 4. The van der Waals surface area contributed by atoms with Crippen LogP contribution in [0.25, 0.3) is 0 Å². The van der Waals surface area contributed by atoms with Gasteiger partial charge in [-0.25, -0.2) is 0 Å². The Hall–Kier alpha value is -1.10. The van der Waals surface area contributed by atoms with Crippen molar-refractivity contribution in [2.75, 3.05) is 0 Å². The normalized spacial score (nSPS) is 16.9. The Labute approximate surface area is 102 Å². The molecule has 0 saturated heterocycles.